The summed E-state index contributed by atoms with van der Waals surface area (Å²) in [5.74, 6) is -0.509. The van der Waals surface area contributed by atoms with Crippen LogP contribution in [0.25, 0.3) is 22.2 Å². The summed E-state index contributed by atoms with van der Waals surface area (Å²) in [6.07, 6.45) is 0.162. The summed E-state index contributed by atoms with van der Waals surface area (Å²) < 4.78 is 5.13. The molecular weight excluding hydrogens is 368 g/mol. The number of carbonyl (C=O) groups excluding carboxylic acids is 1. The van der Waals surface area contributed by atoms with Gasteiger partial charge in [0.05, 0.1) is 24.6 Å². The van der Waals surface area contributed by atoms with Crippen LogP contribution in [0.2, 0.25) is 0 Å². The number of carbonyl (C=O) groups is 1. The second kappa shape index (κ2) is 8.27. The van der Waals surface area contributed by atoms with Crippen LogP contribution in [0.3, 0.4) is 0 Å². The highest BCUT2D eigenvalue weighted by Crippen LogP contribution is 2.32. The van der Waals surface area contributed by atoms with Crippen LogP contribution in [-0.2, 0) is 16.0 Å². The molecule has 1 aromatic heterocycles. The fourth-order valence-corrected chi connectivity index (χ4v) is 3.08. The first-order valence-electron chi connectivity index (χ1n) is 8.87. The summed E-state index contributed by atoms with van der Waals surface area (Å²) in [7, 11) is 0. The average molecular weight is 388 g/mol. The van der Waals surface area contributed by atoms with Gasteiger partial charge in [0.2, 0.25) is 0 Å². The number of aromatic amines is 1. The van der Waals surface area contributed by atoms with Crippen molar-refractivity contribution in [2.75, 3.05) is 6.61 Å². The number of esters is 1. The number of aromatic nitrogens is 1. The van der Waals surface area contributed by atoms with E-state index in [1.807, 2.05) is 24.3 Å². The van der Waals surface area contributed by atoms with E-state index in [4.69, 9.17) is 32.3 Å². The number of nitrogens with zero attached hydrogens (tertiary/aromatic N) is 1. The Bertz CT molecular complexity index is 1140. The second-order valence-corrected chi connectivity index (χ2v) is 6.45. The van der Waals surface area contributed by atoms with Crippen LogP contribution >= 0.6 is 0 Å². The zero-order chi connectivity index (χ0) is 21.0. The highest BCUT2D eigenvalue weighted by Gasteiger charge is 2.18. The Labute approximate surface area is 167 Å². The SMILES string of the molecule is N#CCCOC(=O)Cc1c(-c2ccc(C(=N)N)cc2)[nH]c2cc(C(=N)N)ccc12. The lowest BCUT2D eigenvalue weighted by atomic mass is 10.0. The number of fused-ring (bicyclic) bond motifs is 1. The summed E-state index contributed by atoms with van der Waals surface area (Å²) in [5.41, 5.74) is 15.3. The van der Waals surface area contributed by atoms with E-state index in [1.54, 1.807) is 24.3 Å². The van der Waals surface area contributed by atoms with E-state index in [1.165, 1.54) is 0 Å². The van der Waals surface area contributed by atoms with Gasteiger partial charge in [-0.25, -0.2) is 0 Å². The Balaban J connectivity index is 2.06. The van der Waals surface area contributed by atoms with E-state index in [9.17, 15) is 4.79 Å². The molecule has 0 spiro atoms. The number of hydrogen-bond acceptors (Lipinski definition) is 5. The van der Waals surface area contributed by atoms with Gasteiger partial charge < -0.3 is 21.2 Å². The number of ether oxygens (including phenoxy) is 1. The van der Waals surface area contributed by atoms with Crippen LogP contribution < -0.4 is 11.5 Å². The van der Waals surface area contributed by atoms with E-state index in [0.717, 1.165) is 27.7 Å². The number of benzene rings is 2. The molecule has 0 fully saturated rings. The molecule has 0 unspecified atom stereocenters. The summed E-state index contributed by atoms with van der Waals surface area (Å²) >= 11 is 0. The summed E-state index contributed by atoms with van der Waals surface area (Å²) in [6.45, 7) is 0.0504. The van der Waals surface area contributed by atoms with Gasteiger partial charge in [0.25, 0.3) is 0 Å². The maximum absolute atomic E-state index is 12.3. The molecule has 29 heavy (non-hydrogen) atoms. The minimum Gasteiger partial charge on any atom is -0.464 e. The van der Waals surface area contributed by atoms with E-state index in [-0.39, 0.29) is 31.1 Å². The highest BCUT2D eigenvalue weighted by atomic mass is 16.5. The largest absolute Gasteiger partial charge is 0.464 e. The molecule has 0 aliphatic heterocycles. The van der Waals surface area contributed by atoms with Crippen LogP contribution in [0, 0.1) is 22.1 Å². The topological polar surface area (TPSA) is 166 Å². The van der Waals surface area contributed by atoms with Crippen molar-refractivity contribution in [3.63, 3.8) is 0 Å². The van der Waals surface area contributed by atoms with Gasteiger partial charge in [0, 0.05) is 22.0 Å². The molecule has 1 heterocycles. The Morgan fingerprint density at radius 1 is 1.07 bits per heavy atom. The maximum atomic E-state index is 12.3. The van der Waals surface area contributed by atoms with Gasteiger partial charge >= 0.3 is 5.97 Å². The Hall–Kier alpha value is -4.12. The normalized spacial score (nSPS) is 10.4. The molecule has 0 atom stereocenters. The summed E-state index contributed by atoms with van der Waals surface area (Å²) in [6, 6.07) is 14.3. The second-order valence-electron chi connectivity index (χ2n) is 6.45. The highest BCUT2D eigenvalue weighted by molar-refractivity contribution is 6.01. The monoisotopic (exact) mass is 388 g/mol. The predicted octanol–water partition coefficient (Wildman–Crippen LogP) is 2.40. The van der Waals surface area contributed by atoms with Gasteiger partial charge in [0.15, 0.2) is 0 Å². The Morgan fingerprint density at radius 2 is 1.72 bits per heavy atom. The van der Waals surface area contributed by atoms with Crippen LogP contribution in [-0.4, -0.2) is 29.2 Å². The zero-order valence-electron chi connectivity index (χ0n) is 15.6. The van der Waals surface area contributed by atoms with Crippen molar-refractivity contribution in [1.82, 2.24) is 4.98 Å². The van der Waals surface area contributed by atoms with Crippen molar-refractivity contribution < 1.29 is 9.53 Å². The molecule has 0 aliphatic rings. The quantitative estimate of drug-likeness (QED) is 0.181. The molecule has 0 saturated carbocycles. The van der Waals surface area contributed by atoms with E-state index < -0.39 is 5.97 Å². The average Bonchev–Trinajstić information content (AvgIpc) is 3.05. The third kappa shape index (κ3) is 4.25. The minimum atomic E-state index is -0.432. The molecule has 0 amide bonds. The number of nitrogens with one attached hydrogen (secondary N) is 3. The van der Waals surface area contributed by atoms with Crippen molar-refractivity contribution in [2.24, 2.45) is 11.5 Å². The summed E-state index contributed by atoms with van der Waals surface area (Å²) in [4.78, 5) is 15.6. The van der Waals surface area contributed by atoms with Gasteiger partial charge in [0.1, 0.15) is 18.3 Å². The van der Waals surface area contributed by atoms with Gasteiger partial charge in [-0.2, -0.15) is 5.26 Å². The van der Waals surface area contributed by atoms with E-state index in [0.29, 0.717) is 11.1 Å². The van der Waals surface area contributed by atoms with Crippen molar-refractivity contribution in [3.8, 4) is 17.3 Å². The summed E-state index contributed by atoms with van der Waals surface area (Å²) in [5, 5.41) is 24.6. The third-order valence-corrected chi connectivity index (χ3v) is 4.50. The molecule has 0 radical (unpaired) electrons. The number of rotatable bonds is 7. The van der Waals surface area contributed by atoms with E-state index in [2.05, 4.69) is 4.98 Å². The van der Waals surface area contributed by atoms with Crippen LogP contribution in [0.15, 0.2) is 42.5 Å². The predicted molar refractivity (Wildman–Crippen MR) is 111 cm³/mol. The zero-order valence-corrected chi connectivity index (χ0v) is 15.6. The molecule has 7 N–H and O–H groups in total. The van der Waals surface area contributed by atoms with Gasteiger partial charge in [-0.05, 0) is 17.2 Å². The van der Waals surface area contributed by atoms with Crippen molar-refractivity contribution in [1.29, 1.82) is 16.1 Å². The van der Waals surface area contributed by atoms with Crippen molar-refractivity contribution in [3.05, 3.63) is 59.2 Å². The Kier molecular flexibility index (Phi) is 5.60. The standard InChI is InChI=1S/C21H20N6O2/c22-8-1-9-29-18(28)11-16-15-7-6-14(21(25)26)10-17(15)27-19(16)12-2-4-13(5-3-12)20(23)24/h2-7,10,27H,1,9,11H2,(H3,23,24)(H3,25,26). The lowest BCUT2D eigenvalue weighted by molar-refractivity contribution is -0.142. The number of hydrogen-bond donors (Lipinski definition) is 5. The molecule has 0 aliphatic carbocycles. The number of amidine groups is 2. The molecular formula is C21H20N6O2. The minimum absolute atomic E-state index is 0.0225. The first-order valence-corrected chi connectivity index (χ1v) is 8.87. The number of H-pyrrole nitrogens is 1. The molecule has 0 saturated heterocycles. The van der Waals surface area contributed by atoms with Gasteiger partial charge in [-0.3, -0.25) is 15.6 Å². The van der Waals surface area contributed by atoms with Gasteiger partial charge in [-0.15, -0.1) is 0 Å². The smallest absolute Gasteiger partial charge is 0.310 e. The van der Waals surface area contributed by atoms with Crippen LogP contribution in [0.1, 0.15) is 23.1 Å². The number of nitrogens with two attached hydrogens (primary N) is 2. The first kappa shape index (κ1) is 19.6. The molecule has 2 aromatic carbocycles. The van der Waals surface area contributed by atoms with Crippen molar-refractivity contribution in [2.45, 2.75) is 12.8 Å². The fourth-order valence-electron chi connectivity index (χ4n) is 3.08. The maximum Gasteiger partial charge on any atom is 0.310 e. The molecule has 0 bridgehead atoms. The first-order chi connectivity index (χ1) is 13.9. The molecule has 8 heteroatoms. The lowest BCUT2D eigenvalue weighted by Gasteiger charge is -2.07. The van der Waals surface area contributed by atoms with Crippen molar-refractivity contribution >= 4 is 28.5 Å². The van der Waals surface area contributed by atoms with E-state index >= 15 is 0 Å². The third-order valence-electron chi connectivity index (χ3n) is 4.50. The molecule has 8 nitrogen and oxygen atoms in total. The van der Waals surface area contributed by atoms with Gasteiger partial charge in [-0.1, -0.05) is 36.4 Å². The number of nitrogen functional groups attached to an aromatic ring is 2. The van der Waals surface area contributed by atoms with Crippen LogP contribution in [0.4, 0.5) is 0 Å². The fraction of sp³-hybridized carbons (Fsp3) is 0.143. The number of nitriles is 1. The van der Waals surface area contributed by atoms with Crippen LogP contribution in [0.5, 0.6) is 0 Å². The molecule has 3 rings (SSSR count). The molecule has 3 aromatic rings. The lowest BCUT2D eigenvalue weighted by Crippen LogP contribution is -2.11. The Morgan fingerprint density at radius 3 is 2.34 bits per heavy atom. The molecule has 146 valence electrons.